The third kappa shape index (κ3) is 16.9. The van der Waals surface area contributed by atoms with E-state index in [1.165, 1.54) is 89.9 Å². The number of hydrogen-bond acceptors (Lipinski definition) is 4. The minimum absolute atomic E-state index is 0.273. The zero-order valence-corrected chi connectivity index (χ0v) is 19.8. The van der Waals surface area contributed by atoms with Crippen molar-refractivity contribution in [3.63, 3.8) is 0 Å². The first kappa shape index (κ1) is 27.2. The molecule has 0 radical (unpaired) electrons. The van der Waals surface area contributed by atoms with Crippen LogP contribution in [-0.4, -0.2) is 11.5 Å². The summed E-state index contributed by atoms with van der Waals surface area (Å²) in [4.78, 5) is 14.4. The molecule has 0 bridgehead atoms. The lowest BCUT2D eigenvalue weighted by atomic mass is 10.0. The summed E-state index contributed by atoms with van der Waals surface area (Å²) in [5.74, 6) is 0.273. The molecule has 0 aliphatic carbocycles. The fraction of sp³-hybridized carbons (Fsp3) is 0.750. The van der Waals surface area contributed by atoms with Crippen LogP contribution in [0.5, 0.6) is 5.75 Å². The summed E-state index contributed by atoms with van der Waals surface area (Å²) in [6.45, 7) is 2.56. The molecular weight excluding hydrogens is 399 g/mol. The van der Waals surface area contributed by atoms with Gasteiger partial charge in [0, 0.05) is 0 Å². The molecule has 0 amide bonds. The van der Waals surface area contributed by atoms with E-state index in [2.05, 4.69) is 11.6 Å². The SMILES string of the molecule is CCCCCCCCCCCCCCCCCCOOP(=O)(O)Oc1ccccc1. The average molecular weight is 443 g/mol. The first-order valence-corrected chi connectivity index (χ1v) is 13.5. The monoisotopic (exact) mass is 442 g/mol. The maximum Gasteiger partial charge on any atom is 0.555 e. The summed E-state index contributed by atoms with van der Waals surface area (Å²) in [5, 5.41) is 0. The molecular formula is C24H43O5P. The van der Waals surface area contributed by atoms with Gasteiger partial charge >= 0.3 is 7.82 Å². The van der Waals surface area contributed by atoms with E-state index in [9.17, 15) is 9.46 Å². The highest BCUT2D eigenvalue weighted by Gasteiger charge is 2.24. The number of rotatable bonds is 21. The van der Waals surface area contributed by atoms with Gasteiger partial charge in [-0.1, -0.05) is 121 Å². The molecule has 0 aliphatic rings. The van der Waals surface area contributed by atoms with E-state index in [1.54, 1.807) is 30.3 Å². The predicted molar refractivity (Wildman–Crippen MR) is 123 cm³/mol. The summed E-state index contributed by atoms with van der Waals surface area (Å²) in [7, 11) is -4.23. The molecule has 0 saturated carbocycles. The maximum atomic E-state index is 11.7. The van der Waals surface area contributed by atoms with Crippen molar-refractivity contribution in [1.29, 1.82) is 0 Å². The van der Waals surface area contributed by atoms with Crippen molar-refractivity contribution in [2.24, 2.45) is 0 Å². The van der Waals surface area contributed by atoms with Crippen LogP contribution >= 0.6 is 7.82 Å². The second-order valence-electron chi connectivity index (χ2n) is 8.07. The third-order valence-corrected chi connectivity index (χ3v) is 5.93. The first-order chi connectivity index (χ1) is 14.6. The molecule has 0 saturated heterocycles. The van der Waals surface area contributed by atoms with Gasteiger partial charge in [0.2, 0.25) is 0 Å². The lowest BCUT2D eigenvalue weighted by Crippen LogP contribution is -2.00. The van der Waals surface area contributed by atoms with E-state index in [4.69, 9.17) is 9.41 Å². The van der Waals surface area contributed by atoms with Gasteiger partial charge in [-0.15, -0.1) is 4.67 Å². The molecule has 1 aromatic carbocycles. The van der Waals surface area contributed by atoms with Gasteiger partial charge in [0.05, 0.1) is 6.61 Å². The Morgan fingerprint density at radius 1 is 0.700 bits per heavy atom. The van der Waals surface area contributed by atoms with Crippen molar-refractivity contribution in [3.8, 4) is 5.75 Å². The van der Waals surface area contributed by atoms with Crippen molar-refractivity contribution in [2.75, 3.05) is 6.61 Å². The van der Waals surface area contributed by atoms with Crippen LogP contribution in [0.4, 0.5) is 0 Å². The number of phosphoric ester groups is 1. The van der Waals surface area contributed by atoms with E-state index in [0.29, 0.717) is 6.61 Å². The summed E-state index contributed by atoms with van der Waals surface area (Å²) in [6, 6.07) is 8.40. The molecule has 0 fully saturated rings. The molecule has 174 valence electrons. The van der Waals surface area contributed by atoms with Gasteiger partial charge in [-0.25, -0.2) is 9.45 Å². The number of hydrogen-bond donors (Lipinski definition) is 1. The zero-order chi connectivity index (χ0) is 21.8. The molecule has 30 heavy (non-hydrogen) atoms. The number of unbranched alkanes of at least 4 members (excludes halogenated alkanes) is 15. The van der Waals surface area contributed by atoms with Crippen LogP contribution in [0.2, 0.25) is 0 Å². The summed E-state index contributed by atoms with van der Waals surface area (Å²) in [5.41, 5.74) is 0. The van der Waals surface area contributed by atoms with Gasteiger partial charge < -0.3 is 4.52 Å². The van der Waals surface area contributed by atoms with Gasteiger partial charge in [0.25, 0.3) is 0 Å². The molecule has 1 rings (SSSR count). The van der Waals surface area contributed by atoms with Crippen LogP contribution in [0.25, 0.3) is 0 Å². The minimum Gasteiger partial charge on any atom is -0.403 e. The molecule has 0 aromatic heterocycles. The van der Waals surface area contributed by atoms with Crippen LogP contribution in [0.3, 0.4) is 0 Å². The molecule has 1 aromatic rings. The minimum atomic E-state index is -4.23. The standard InChI is InChI=1S/C24H43O5P/c1-2-3-4-5-6-7-8-9-10-11-12-13-14-15-16-20-23-27-29-30(25,26)28-24-21-18-17-19-22-24/h17-19,21-22H,2-16,20,23H2,1H3,(H,25,26). The third-order valence-electron chi connectivity index (χ3n) is 5.19. The predicted octanol–water partition coefficient (Wildman–Crippen LogP) is 8.38. The average Bonchev–Trinajstić information content (AvgIpc) is 2.73. The van der Waals surface area contributed by atoms with Crippen LogP contribution < -0.4 is 4.52 Å². The number of para-hydroxylation sites is 1. The lowest BCUT2D eigenvalue weighted by Gasteiger charge is -2.11. The van der Waals surface area contributed by atoms with Crippen molar-refractivity contribution in [3.05, 3.63) is 30.3 Å². The van der Waals surface area contributed by atoms with E-state index in [0.717, 1.165) is 12.8 Å². The largest absolute Gasteiger partial charge is 0.555 e. The van der Waals surface area contributed by atoms with Crippen molar-refractivity contribution >= 4 is 7.82 Å². The Hall–Kier alpha value is -0.870. The fourth-order valence-corrected chi connectivity index (χ4v) is 4.07. The lowest BCUT2D eigenvalue weighted by molar-refractivity contribution is -0.221. The molecule has 0 aliphatic heterocycles. The van der Waals surface area contributed by atoms with Crippen molar-refractivity contribution in [2.45, 2.75) is 110 Å². The number of benzene rings is 1. The Kier molecular flexibility index (Phi) is 17.1. The Morgan fingerprint density at radius 3 is 1.60 bits per heavy atom. The quantitative estimate of drug-likeness (QED) is 0.0896. The molecule has 0 spiro atoms. The normalized spacial score (nSPS) is 13.3. The van der Waals surface area contributed by atoms with Crippen molar-refractivity contribution < 1.29 is 23.5 Å². The van der Waals surface area contributed by atoms with E-state index in [-0.39, 0.29) is 5.75 Å². The molecule has 6 heteroatoms. The maximum absolute atomic E-state index is 11.7. The topological polar surface area (TPSA) is 65.0 Å². The van der Waals surface area contributed by atoms with Crippen LogP contribution in [0.15, 0.2) is 30.3 Å². The van der Waals surface area contributed by atoms with Crippen LogP contribution in [0, 0.1) is 0 Å². The Morgan fingerprint density at radius 2 is 1.13 bits per heavy atom. The van der Waals surface area contributed by atoms with Crippen molar-refractivity contribution in [1.82, 2.24) is 0 Å². The molecule has 1 N–H and O–H groups in total. The second kappa shape index (κ2) is 18.9. The van der Waals surface area contributed by atoms with Crippen LogP contribution in [-0.2, 0) is 14.1 Å². The molecule has 5 nitrogen and oxygen atoms in total. The summed E-state index contributed by atoms with van der Waals surface area (Å²) < 4.78 is 21.2. The van der Waals surface area contributed by atoms with Gasteiger partial charge in [-0.05, 0) is 18.6 Å². The molecule has 1 unspecified atom stereocenters. The van der Waals surface area contributed by atoms with Gasteiger partial charge in [-0.2, -0.15) is 0 Å². The van der Waals surface area contributed by atoms with E-state index in [1.807, 2.05) is 0 Å². The highest BCUT2D eigenvalue weighted by Crippen LogP contribution is 2.43. The van der Waals surface area contributed by atoms with E-state index < -0.39 is 7.82 Å². The first-order valence-electron chi connectivity index (χ1n) is 12.0. The Bertz CT molecular complexity index is 538. The number of phosphoric acid groups is 1. The van der Waals surface area contributed by atoms with Crippen LogP contribution in [0.1, 0.15) is 110 Å². The van der Waals surface area contributed by atoms with Gasteiger partial charge in [-0.3, -0.25) is 4.89 Å². The second-order valence-corrected chi connectivity index (χ2v) is 9.34. The Labute approximate surface area is 184 Å². The fourth-order valence-electron chi connectivity index (χ4n) is 3.44. The highest BCUT2D eigenvalue weighted by molar-refractivity contribution is 7.47. The smallest absolute Gasteiger partial charge is 0.403 e. The van der Waals surface area contributed by atoms with Gasteiger partial charge in [0.1, 0.15) is 5.75 Å². The zero-order valence-electron chi connectivity index (χ0n) is 18.9. The van der Waals surface area contributed by atoms with Gasteiger partial charge in [0.15, 0.2) is 0 Å². The summed E-state index contributed by atoms with van der Waals surface area (Å²) in [6.07, 6.45) is 20.8. The molecule has 1 atom stereocenters. The van der Waals surface area contributed by atoms with E-state index >= 15 is 0 Å². The highest BCUT2D eigenvalue weighted by atomic mass is 31.2. The summed E-state index contributed by atoms with van der Waals surface area (Å²) >= 11 is 0. The molecule has 0 heterocycles. The Balaban J connectivity index is 1.80.